The highest BCUT2D eigenvalue weighted by molar-refractivity contribution is 5.83. The molecule has 2 heterocycles. The van der Waals surface area contributed by atoms with Gasteiger partial charge in [-0.1, -0.05) is 215 Å². The monoisotopic (exact) mass is 869 g/mol. The standard InChI is InChI=1S/C64H72N2/c1-5-9-13-21-41-63(42-22-14-10-6-2)57-27-19-17-25-53(57)55-37-33-49(45-59(55)63)29-31-51-35-39-61(65-47-51)62-40-36-52(48-66-62)32-30-50-34-38-56-54-26-18-20-28-58(54)64(60(56)46-50,43-23-15-11-7-3)44-24-16-12-8-4/h17-20,25-28,33-40,45-48H,5-16,21-24,41-44H2,1-4H3. The van der Waals surface area contributed by atoms with E-state index < -0.39 is 0 Å². The molecule has 2 aliphatic rings. The van der Waals surface area contributed by atoms with Crippen molar-refractivity contribution in [2.75, 3.05) is 0 Å². The number of nitrogens with zero attached hydrogens (tertiary/aromatic N) is 2. The molecule has 2 aromatic heterocycles. The molecule has 2 nitrogen and oxygen atoms in total. The molecule has 338 valence electrons. The smallest absolute Gasteiger partial charge is 0.0887 e. The number of rotatable bonds is 21. The van der Waals surface area contributed by atoms with Crippen LogP contribution in [0.2, 0.25) is 0 Å². The van der Waals surface area contributed by atoms with Gasteiger partial charge in [0.05, 0.1) is 11.4 Å². The SMILES string of the molecule is CCCCCCC1(CCCCCC)c2ccccc2-c2ccc(C#Cc3ccc(-c4ccc(C#Cc5ccc6c(c5)C(CCCCCC)(CCCCCC)c5ccccc5-6)cn4)nc3)cc21. The maximum absolute atomic E-state index is 4.82. The van der Waals surface area contributed by atoms with Gasteiger partial charge in [-0.3, -0.25) is 9.97 Å². The Bertz CT molecular complexity index is 2450. The van der Waals surface area contributed by atoms with Crippen LogP contribution in [-0.2, 0) is 10.8 Å². The molecule has 0 bridgehead atoms. The highest BCUT2D eigenvalue weighted by atomic mass is 14.8. The second kappa shape index (κ2) is 22.7. The second-order valence-electron chi connectivity index (χ2n) is 19.4. The van der Waals surface area contributed by atoms with Crippen LogP contribution >= 0.6 is 0 Å². The quantitative estimate of drug-likeness (QED) is 0.0532. The summed E-state index contributed by atoms with van der Waals surface area (Å²) in [5.74, 6) is 14.0. The van der Waals surface area contributed by atoms with Crippen molar-refractivity contribution < 1.29 is 0 Å². The minimum absolute atomic E-state index is 0.0603. The Hall–Kier alpha value is -5.70. The van der Waals surface area contributed by atoms with Gasteiger partial charge in [-0.2, -0.15) is 0 Å². The van der Waals surface area contributed by atoms with Gasteiger partial charge in [0.2, 0.25) is 0 Å². The van der Waals surface area contributed by atoms with Gasteiger partial charge in [-0.25, -0.2) is 0 Å². The summed E-state index contributed by atoms with van der Waals surface area (Å²) < 4.78 is 0. The summed E-state index contributed by atoms with van der Waals surface area (Å²) >= 11 is 0. The molecule has 0 spiro atoms. The molecular formula is C64H72N2. The number of benzene rings is 4. The van der Waals surface area contributed by atoms with Crippen LogP contribution in [0.3, 0.4) is 0 Å². The second-order valence-corrected chi connectivity index (χ2v) is 19.4. The summed E-state index contributed by atoms with van der Waals surface area (Å²) in [6, 6.07) is 40.5. The van der Waals surface area contributed by atoms with Crippen molar-refractivity contribution in [1.82, 2.24) is 9.97 Å². The first kappa shape index (κ1) is 46.8. The molecule has 0 saturated carbocycles. The fraction of sp³-hybridized carbons (Fsp3) is 0.406. The van der Waals surface area contributed by atoms with E-state index in [1.165, 1.54) is 173 Å². The molecule has 6 aromatic rings. The van der Waals surface area contributed by atoms with E-state index in [4.69, 9.17) is 9.97 Å². The summed E-state index contributed by atoms with van der Waals surface area (Å²) in [7, 11) is 0. The molecule has 2 aliphatic carbocycles. The van der Waals surface area contributed by atoms with Crippen LogP contribution < -0.4 is 0 Å². The van der Waals surface area contributed by atoms with Gasteiger partial charge in [0, 0.05) is 45.5 Å². The molecule has 66 heavy (non-hydrogen) atoms. The van der Waals surface area contributed by atoms with Crippen molar-refractivity contribution >= 4 is 0 Å². The average Bonchev–Trinajstić information content (AvgIpc) is 3.79. The third kappa shape index (κ3) is 10.3. The predicted molar refractivity (Wildman–Crippen MR) is 280 cm³/mol. The van der Waals surface area contributed by atoms with Crippen molar-refractivity contribution in [1.29, 1.82) is 0 Å². The molecule has 0 saturated heterocycles. The number of pyridine rings is 2. The Morgan fingerprint density at radius 2 is 0.667 bits per heavy atom. The van der Waals surface area contributed by atoms with Crippen molar-refractivity contribution in [3.05, 3.63) is 166 Å². The van der Waals surface area contributed by atoms with Gasteiger partial charge >= 0.3 is 0 Å². The Balaban J connectivity index is 0.983. The van der Waals surface area contributed by atoms with Gasteiger partial charge in [0.1, 0.15) is 0 Å². The van der Waals surface area contributed by atoms with Gasteiger partial charge in [0.15, 0.2) is 0 Å². The van der Waals surface area contributed by atoms with Gasteiger partial charge < -0.3 is 0 Å². The molecule has 8 rings (SSSR count). The van der Waals surface area contributed by atoms with Crippen LogP contribution in [0.5, 0.6) is 0 Å². The molecular weight excluding hydrogens is 797 g/mol. The van der Waals surface area contributed by atoms with Gasteiger partial charge in [-0.05, 0) is 119 Å². The average molecular weight is 869 g/mol. The zero-order valence-corrected chi connectivity index (χ0v) is 40.6. The summed E-state index contributed by atoms with van der Waals surface area (Å²) in [5.41, 5.74) is 17.4. The lowest BCUT2D eigenvalue weighted by atomic mass is 9.70. The minimum Gasteiger partial charge on any atom is -0.253 e. The van der Waals surface area contributed by atoms with Crippen molar-refractivity contribution in [2.24, 2.45) is 0 Å². The van der Waals surface area contributed by atoms with Gasteiger partial charge in [0.25, 0.3) is 0 Å². The van der Waals surface area contributed by atoms with Crippen LogP contribution in [0, 0.1) is 23.7 Å². The summed E-state index contributed by atoms with van der Waals surface area (Å²) in [4.78, 5) is 9.63. The number of hydrogen-bond donors (Lipinski definition) is 0. The van der Waals surface area contributed by atoms with Crippen LogP contribution in [0.1, 0.15) is 201 Å². The summed E-state index contributed by atoms with van der Waals surface area (Å²) in [6.45, 7) is 9.23. The first-order valence-electron chi connectivity index (χ1n) is 26.0. The molecule has 0 unspecified atom stereocenters. The van der Waals surface area contributed by atoms with Crippen LogP contribution in [0.25, 0.3) is 33.6 Å². The van der Waals surface area contributed by atoms with E-state index in [0.29, 0.717) is 0 Å². The van der Waals surface area contributed by atoms with Crippen molar-refractivity contribution in [2.45, 2.75) is 167 Å². The van der Waals surface area contributed by atoms with E-state index in [1.54, 1.807) is 0 Å². The van der Waals surface area contributed by atoms with Crippen LogP contribution in [0.15, 0.2) is 122 Å². The maximum Gasteiger partial charge on any atom is 0.0887 e. The number of aromatic nitrogens is 2. The topological polar surface area (TPSA) is 25.8 Å². The Labute approximate surface area is 398 Å². The third-order valence-corrected chi connectivity index (χ3v) is 14.9. The zero-order valence-electron chi connectivity index (χ0n) is 40.6. The largest absolute Gasteiger partial charge is 0.253 e. The number of unbranched alkanes of at least 4 members (excludes halogenated alkanes) is 12. The van der Waals surface area contributed by atoms with Gasteiger partial charge in [-0.15, -0.1) is 0 Å². The lowest BCUT2D eigenvalue weighted by molar-refractivity contribution is 0.401. The lowest BCUT2D eigenvalue weighted by Gasteiger charge is -2.33. The summed E-state index contributed by atoms with van der Waals surface area (Å²) in [6.07, 6.45) is 29.1. The van der Waals surface area contributed by atoms with E-state index in [2.05, 4.69) is 148 Å². The Kier molecular flexibility index (Phi) is 16.1. The normalized spacial score (nSPS) is 13.5. The van der Waals surface area contributed by atoms with E-state index >= 15 is 0 Å². The molecule has 0 radical (unpaired) electrons. The van der Waals surface area contributed by atoms with Crippen LogP contribution in [0.4, 0.5) is 0 Å². The first-order valence-corrected chi connectivity index (χ1v) is 26.0. The number of hydrogen-bond acceptors (Lipinski definition) is 2. The number of fused-ring (bicyclic) bond motifs is 6. The summed E-state index contributed by atoms with van der Waals surface area (Å²) in [5, 5.41) is 0. The molecule has 0 fully saturated rings. The fourth-order valence-electron chi connectivity index (χ4n) is 11.3. The van der Waals surface area contributed by atoms with E-state index in [-0.39, 0.29) is 10.8 Å². The van der Waals surface area contributed by atoms with Crippen molar-refractivity contribution in [3.63, 3.8) is 0 Å². The molecule has 0 N–H and O–H groups in total. The third-order valence-electron chi connectivity index (χ3n) is 14.9. The molecule has 0 atom stereocenters. The predicted octanol–water partition coefficient (Wildman–Crippen LogP) is 17.4. The van der Waals surface area contributed by atoms with E-state index in [0.717, 1.165) is 33.6 Å². The maximum atomic E-state index is 4.82. The zero-order chi connectivity index (χ0) is 45.6. The van der Waals surface area contributed by atoms with E-state index in [9.17, 15) is 0 Å². The van der Waals surface area contributed by atoms with E-state index in [1.807, 2.05) is 24.5 Å². The highest BCUT2D eigenvalue weighted by Crippen LogP contribution is 2.56. The Morgan fingerprint density at radius 1 is 0.333 bits per heavy atom. The molecule has 2 heteroatoms. The minimum atomic E-state index is 0.0603. The van der Waals surface area contributed by atoms with Crippen LogP contribution in [-0.4, -0.2) is 9.97 Å². The molecule has 4 aromatic carbocycles. The highest BCUT2D eigenvalue weighted by Gasteiger charge is 2.43. The van der Waals surface area contributed by atoms with Crippen molar-refractivity contribution in [3.8, 4) is 57.3 Å². The Morgan fingerprint density at radius 3 is 1.02 bits per heavy atom. The molecule has 0 amide bonds. The first-order chi connectivity index (χ1) is 32.5. The lowest BCUT2D eigenvalue weighted by Crippen LogP contribution is -2.25. The fourth-order valence-corrected chi connectivity index (χ4v) is 11.3. The molecule has 0 aliphatic heterocycles.